The molecule has 0 aliphatic carbocycles. The summed E-state index contributed by atoms with van der Waals surface area (Å²) in [6, 6.07) is 6.15. The van der Waals surface area contributed by atoms with Gasteiger partial charge in [-0.1, -0.05) is 6.92 Å². The fraction of sp³-hybridized carbons (Fsp3) is 0.500. The molecule has 0 bridgehead atoms. The highest BCUT2D eigenvalue weighted by Gasteiger charge is 2.28. The number of thiophene rings is 1. The van der Waals surface area contributed by atoms with Gasteiger partial charge in [0.2, 0.25) is 0 Å². The number of likely N-dealkylation sites (tertiary alicyclic amines) is 1. The fourth-order valence-corrected chi connectivity index (χ4v) is 4.09. The Morgan fingerprint density at radius 1 is 1.36 bits per heavy atom. The Labute approximate surface area is 135 Å². The number of ketones is 1. The average molecular weight is 317 g/mol. The molecule has 1 aliphatic heterocycles. The van der Waals surface area contributed by atoms with Gasteiger partial charge < -0.3 is 4.42 Å². The zero-order valence-electron chi connectivity index (χ0n) is 13.3. The molecule has 1 atom stereocenters. The number of Topliss-reactive ketones (excluding diaryl/α,β-unsaturated/α-hetero) is 1. The first kappa shape index (κ1) is 15.5. The first-order valence-electron chi connectivity index (χ1n) is 8.05. The summed E-state index contributed by atoms with van der Waals surface area (Å²) in [7, 11) is 0. The first-order chi connectivity index (χ1) is 10.7. The van der Waals surface area contributed by atoms with Crippen molar-refractivity contribution in [3.63, 3.8) is 0 Å². The van der Waals surface area contributed by atoms with Crippen LogP contribution in [0.2, 0.25) is 0 Å². The molecule has 0 saturated carbocycles. The predicted octanol–water partition coefficient (Wildman–Crippen LogP) is 4.31. The van der Waals surface area contributed by atoms with Crippen LogP contribution in [0.15, 0.2) is 28.0 Å². The van der Waals surface area contributed by atoms with Crippen LogP contribution < -0.4 is 0 Å². The van der Waals surface area contributed by atoms with Crippen molar-refractivity contribution in [2.45, 2.75) is 39.7 Å². The van der Waals surface area contributed by atoms with Gasteiger partial charge in [-0.25, -0.2) is 0 Å². The van der Waals surface area contributed by atoms with Crippen molar-refractivity contribution in [3.8, 4) is 0 Å². The summed E-state index contributed by atoms with van der Waals surface area (Å²) in [5, 5.41) is 2.01. The third kappa shape index (κ3) is 3.33. The second-order valence-corrected chi connectivity index (χ2v) is 7.01. The van der Waals surface area contributed by atoms with Crippen molar-refractivity contribution in [3.05, 3.63) is 45.5 Å². The maximum absolute atomic E-state index is 12.7. The van der Waals surface area contributed by atoms with Gasteiger partial charge in [0.05, 0.1) is 11.4 Å². The zero-order valence-corrected chi connectivity index (χ0v) is 14.1. The largest absolute Gasteiger partial charge is 0.465 e. The lowest BCUT2D eigenvalue weighted by atomic mass is 9.92. The molecule has 2 aromatic heterocycles. The Morgan fingerprint density at radius 2 is 2.18 bits per heavy atom. The van der Waals surface area contributed by atoms with E-state index in [1.54, 1.807) is 11.3 Å². The van der Waals surface area contributed by atoms with Crippen molar-refractivity contribution >= 4 is 17.1 Å². The molecule has 4 heteroatoms. The van der Waals surface area contributed by atoms with E-state index in [-0.39, 0.29) is 5.92 Å². The van der Waals surface area contributed by atoms with Gasteiger partial charge in [0.25, 0.3) is 0 Å². The molecular weight excluding hydrogens is 294 g/mol. The molecule has 3 rings (SSSR count). The lowest BCUT2D eigenvalue weighted by Gasteiger charge is -2.31. The maximum atomic E-state index is 12.7. The predicted molar refractivity (Wildman–Crippen MR) is 89.5 cm³/mol. The Kier molecular flexibility index (Phi) is 4.79. The molecule has 0 radical (unpaired) electrons. The van der Waals surface area contributed by atoms with E-state index >= 15 is 0 Å². The number of carbonyl (C=O) groups is 1. The van der Waals surface area contributed by atoms with Crippen LogP contribution in [0.3, 0.4) is 0 Å². The van der Waals surface area contributed by atoms with Gasteiger partial charge in [-0.15, -0.1) is 11.3 Å². The quantitative estimate of drug-likeness (QED) is 0.771. The SMILES string of the molecule is CCc1ccc(CN2CCC[C@@H](C(=O)c3sccc3C)C2)o1. The molecule has 118 valence electrons. The Hall–Kier alpha value is -1.39. The van der Waals surface area contributed by atoms with E-state index < -0.39 is 0 Å². The van der Waals surface area contributed by atoms with E-state index in [2.05, 4.69) is 24.0 Å². The van der Waals surface area contributed by atoms with Crippen LogP contribution in [0.4, 0.5) is 0 Å². The number of rotatable bonds is 5. The number of nitrogens with zero attached hydrogens (tertiary/aromatic N) is 1. The summed E-state index contributed by atoms with van der Waals surface area (Å²) < 4.78 is 5.80. The Morgan fingerprint density at radius 3 is 2.86 bits per heavy atom. The molecule has 1 saturated heterocycles. The smallest absolute Gasteiger partial charge is 0.177 e. The van der Waals surface area contributed by atoms with E-state index in [0.29, 0.717) is 5.78 Å². The van der Waals surface area contributed by atoms with Crippen LogP contribution in [0.1, 0.15) is 46.5 Å². The first-order valence-corrected chi connectivity index (χ1v) is 8.93. The Bertz CT molecular complexity index is 643. The summed E-state index contributed by atoms with van der Waals surface area (Å²) in [4.78, 5) is 16.0. The van der Waals surface area contributed by atoms with Crippen LogP contribution in [-0.4, -0.2) is 23.8 Å². The highest BCUT2D eigenvalue weighted by molar-refractivity contribution is 7.12. The summed E-state index contributed by atoms with van der Waals surface area (Å²) >= 11 is 1.58. The standard InChI is InChI=1S/C18H23NO2S/c1-3-15-6-7-16(21-15)12-19-9-4-5-14(11-19)17(20)18-13(2)8-10-22-18/h6-8,10,14H,3-5,9,11-12H2,1-2H3/t14-/m1/s1. The molecule has 1 fully saturated rings. The minimum atomic E-state index is 0.131. The van der Waals surface area contributed by atoms with Crippen molar-refractivity contribution < 1.29 is 9.21 Å². The van der Waals surface area contributed by atoms with Crippen molar-refractivity contribution in [2.24, 2.45) is 5.92 Å². The number of hydrogen-bond donors (Lipinski definition) is 0. The van der Waals surface area contributed by atoms with Crippen molar-refractivity contribution in [2.75, 3.05) is 13.1 Å². The van der Waals surface area contributed by atoms with Crippen LogP contribution in [-0.2, 0) is 13.0 Å². The molecule has 0 spiro atoms. The Balaban J connectivity index is 1.64. The average Bonchev–Trinajstić information content (AvgIpc) is 3.15. The number of aryl methyl sites for hydroxylation is 2. The molecular formula is C18H23NO2S. The third-order valence-electron chi connectivity index (χ3n) is 4.41. The molecule has 0 N–H and O–H groups in total. The van der Waals surface area contributed by atoms with Gasteiger partial charge in [0.15, 0.2) is 5.78 Å². The van der Waals surface area contributed by atoms with Crippen LogP contribution >= 0.6 is 11.3 Å². The molecule has 3 heterocycles. The van der Waals surface area contributed by atoms with Crippen molar-refractivity contribution in [1.82, 2.24) is 4.90 Å². The number of furan rings is 1. The summed E-state index contributed by atoms with van der Waals surface area (Å²) in [6.07, 6.45) is 3.02. The number of piperidine rings is 1. The van der Waals surface area contributed by atoms with E-state index in [4.69, 9.17) is 4.42 Å². The van der Waals surface area contributed by atoms with Crippen LogP contribution in [0.25, 0.3) is 0 Å². The third-order valence-corrected chi connectivity index (χ3v) is 5.44. The topological polar surface area (TPSA) is 33.5 Å². The minimum absolute atomic E-state index is 0.131. The summed E-state index contributed by atoms with van der Waals surface area (Å²) in [6.45, 7) is 6.84. The second-order valence-electron chi connectivity index (χ2n) is 6.09. The number of hydrogen-bond acceptors (Lipinski definition) is 4. The van der Waals surface area contributed by atoms with Gasteiger partial charge in [0.1, 0.15) is 11.5 Å². The van der Waals surface area contributed by atoms with Gasteiger partial charge >= 0.3 is 0 Å². The molecule has 0 unspecified atom stereocenters. The molecule has 22 heavy (non-hydrogen) atoms. The molecule has 1 aliphatic rings. The van der Waals surface area contributed by atoms with E-state index in [0.717, 1.165) is 60.9 Å². The lowest BCUT2D eigenvalue weighted by Crippen LogP contribution is -2.38. The number of carbonyl (C=O) groups excluding carboxylic acids is 1. The fourth-order valence-electron chi connectivity index (χ4n) is 3.14. The monoisotopic (exact) mass is 317 g/mol. The molecule has 0 aromatic carbocycles. The lowest BCUT2D eigenvalue weighted by molar-refractivity contribution is 0.0806. The minimum Gasteiger partial charge on any atom is -0.465 e. The van der Waals surface area contributed by atoms with Gasteiger partial charge in [-0.3, -0.25) is 9.69 Å². The second kappa shape index (κ2) is 6.80. The normalized spacial score (nSPS) is 19.5. The zero-order chi connectivity index (χ0) is 15.5. The highest BCUT2D eigenvalue weighted by Crippen LogP contribution is 2.26. The molecule has 3 nitrogen and oxygen atoms in total. The highest BCUT2D eigenvalue weighted by atomic mass is 32.1. The van der Waals surface area contributed by atoms with Crippen molar-refractivity contribution in [1.29, 1.82) is 0 Å². The summed E-state index contributed by atoms with van der Waals surface area (Å²) in [5.74, 6) is 2.50. The van der Waals surface area contributed by atoms with Crippen LogP contribution in [0.5, 0.6) is 0 Å². The van der Waals surface area contributed by atoms with E-state index in [9.17, 15) is 4.79 Å². The van der Waals surface area contributed by atoms with Gasteiger partial charge in [-0.2, -0.15) is 0 Å². The van der Waals surface area contributed by atoms with Gasteiger partial charge in [-0.05, 0) is 55.5 Å². The molecule has 0 amide bonds. The molecule has 2 aromatic rings. The van der Waals surface area contributed by atoms with Crippen LogP contribution in [0, 0.1) is 12.8 Å². The summed E-state index contributed by atoms with van der Waals surface area (Å²) in [5.41, 5.74) is 1.12. The van der Waals surface area contributed by atoms with Gasteiger partial charge in [0, 0.05) is 18.9 Å². The maximum Gasteiger partial charge on any atom is 0.177 e. The van der Waals surface area contributed by atoms with E-state index in [1.807, 2.05) is 18.4 Å². The van der Waals surface area contributed by atoms with E-state index in [1.165, 1.54) is 0 Å².